The Morgan fingerprint density at radius 1 is 1.00 bits per heavy atom. The number of carbonyl (C=O) groups excluding carboxylic acids is 2. The molecule has 82 valence electrons. The van der Waals surface area contributed by atoms with Crippen molar-refractivity contribution in [3.8, 4) is 0 Å². The molecule has 1 aromatic rings. The minimum absolute atomic E-state index is 0.214. The van der Waals surface area contributed by atoms with E-state index in [-0.39, 0.29) is 11.6 Å². The highest BCUT2D eigenvalue weighted by Gasteiger charge is 1.93. The molecule has 0 aliphatic heterocycles. The van der Waals surface area contributed by atoms with Crippen LogP contribution >= 0.6 is 0 Å². The van der Waals surface area contributed by atoms with Crippen molar-refractivity contribution in [1.82, 2.24) is 0 Å². The molecule has 0 saturated carbocycles. The highest BCUT2D eigenvalue weighted by Crippen LogP contribution is 1.98. The zero-order valence-electron chi connectivity index (χ0n) is 9.62. The van der Waals surface area contributed by atoms with E-state index in [0.29, 0.717) is 12.8 Å². The Morgan fingerprint density at radius 3 is 1.80 bits per heavy atom. The molecule has 0 aliphatic rings. The smallest absolute Gasteiger partial charge is 0.134 e. The molecule has 0 bridgehead atoms. The Kier molecular flexibility index (Phi) is 7.16. The van der Waals surface area contributed by atoms with Gasteiger partial charge in [-0.05, 0) is 19.4 Å². The van der Waals surface area contributed by atoms with Crippen molar-refractivity contribution in [1.29, 1.82) is 0 Å². The molecule has 0 spiro atoms. The van der Waals surface area contributed by atoms with E-state index in [0.717, 1.165) is 5.56 Å². The van der Waals surface area contributed by atoms with Crippen molar-refractivity contribution < 1.29 is 9.59 Å². The summed E-state index contributed by atoms with van der Waals surface area (Å²) >= 11 is 0. The molecule has 0 N–H and O–H groups in total. The second-order valence-electron chi connectivity index (χ2n) is 3.42. The van der Waals surface area contributed by atoms with E-state index in [2.05, 4.69) is 0 Å². The van der Waals surface area contributed by atoms with Crippen LogP contribution in [0, 0.1) is 0 Å². The van der Waals surface area contributed by atoms with Gasteiger partial charge in [-0.25, -0.2) is 0 Å². The molecule has 0 fully saturated rings. The fourth-order valence-corrected chi connectivity index (χ4v) is 0.883. The minimum Gasteiger partial charge on any atom is -0.300 e. The maximum absolute atomic E-state index is 10.6. The third-order valence-electron chi connectivity index (χ3n) is 1.79. The number of benzene rings is 1. The van der Waals surface area contributed by atoms with Crippen molar-refractivity contribution >= 4 is 11.6 Å². The lowest BCUT2D eigenvalue weighted by Crippen LogP contribution is -1.94. The predicted molar refractivity (Wildman–Crippen MR) is 61.8 cm³/mol. The zero-order chi connectivity index (χ0) is 11.7. The third-order valence-corrected chi connectivity index (χ3v) is 1.79. The van der Waals surface area contributed by atoms with Crippen molar-refractivity contribution in [2.75, 3.05) is 0 Å². The summed E-state index contributed by atoms with van der Waals surface area (Å²) in [6.07, 6.45) is 1.22. The molecule has 0 saturated heterocycles. The minimum atomic E-state index is 0.214. The van der Waals surface area contributed by atoms with Crippen molar-refractivity contribution in [3.05, 3.63) is 35.9 Å². The quantitative estimate of drug-likeness (QED) is 0.762. The fourth-order valence-electron chi connectivity index (χ4n) is 0.883. The van der Waals surface area contributed by atoms with Gasteiger partial charge in [-0.15, -0.1) is 0 Å². The number of Topliss-reactive ketones (excluding diaryl/α,β-unsaturated/α-hetero) is 2. The SMILES string of the molecule is CC(=O)Cc1ccccc1.CCC(C)=O. The van der Waals surface area contributed by atoms with Gasteiger partial charge in [0, 0.05) is 12.8 Å². The summed E-state index contributed by atoms with van der Waals surface area (Å²) in [5.41, 5.74) is 1.09. The highest BCUT2D eigenvalue weighted by molar-refractivity contribution is 5.78. The van der Waals surface area contributed by atoms with Gasteiger partial charge < -0.3 is 4.79 Å². The Labute approximate surface area is 91.3 Å². The van der Waals surface area contributed by atoms with Gasteiger partial charge in [0.2, 0.25) is 0 Å². The second kappa shape index (κ2) is 7.92. The molecule has 1 rings (SSSR count). The first-order valence-electron chi connectivity index (χ1n) is 5.09. The normalized spacial score (nSPS) is 8.73. The van der Waals surface area contributed by atoms with Crippen molar-refractivity contribution in [2.24, 2.45) is 0 Å². The molecule has 0 aromatic heterocycles. The van der Waals surface area contributed by atoms with Gasteiger partial charge in [0.1, 0.15) is 11.6 Å². The van der Waals surface area contributed by atoms with Gasteiger partial charge >= 0.3 is 0 Å². The summed E-state index contributed by atoms with van der Waals surface area (Å²) in [5, 5.41) is 0. The monoisotopic (exact) mass is 206 g/mol. The van der Waals surface area contributed by atoms with Crippen LogP contribution in [0.5, 0.6) is 0 Å². The van der Waals surface area contributed by atoms with E-state index < -0.39 is 0 Å². The summed E-state index contributed by atoms with van der Waals surface area (Å²) < 4.78 is 0. The summed E-state index contributed by atoms with van der Waals surface area (Å²) in [6, 6.07) is 9.75. The number of hydrogen-bond donors (Lipinski definition) is 0. The van der Waals surface area contributed by atoms with Crippen LogP contribution in [-0.4, -0.2) is 11.6 Å². The van der Waals surface area contributed by atoms with Gasteiger partial charge in [0.25, 0.3) is 0 Å². The average molecular weight is 206 g/mol. The summed E-state index contributed by atoms with van der Waals surface area (Å²) in [6.45, 7) is 5.04. The molecule has 0 aliphatic carbocycles. The van der Waals surface area contributed by atoms with E-state index in [4.69, 9.17) is 0 Å². The first-order chi connectivity index (χ1) is 7.06. The topological polar surface area (TPSA) is 34.1 Å². The van der Waals surface area contributed by atoms with Crippen LogP contribution in [0.25, 0.3) is 0 Å². The van der Waals surface area contributed by atoms with Crippen LogP contribution in [0.4, 0.5) is 0 Å². The second-order valence-corrected chi connectivity index (χ2v) is 3.42. The van der Waals surface area contributed by atoms with Crippen LogP contribution in [-0.2, 0) is 16.0 Å². The Morgan fingerprint density at radius 2 is 1.47 bits per heavy atom. The maximum atomic E-state index is 10.6. The third kappa shape index (κ3) is 8.88. The summed E-state index contributed by atoms with van der Waals surface area (Å²) in [7, 11) is 0. The van der Waals surface area contributed by atoms with Gasteiger partial charge in [-0.3, -0.25) is 4.79 Å². The van der Waals surface area contributed by atoms with E-state index in [1.165, 1.54) is 0 Å². The Balaban J connectivity index is 0.000000336. The van der Waals surface area contributed by atoms with Crippen molar-refractivity contribution in [3.63, 3.8) is 0 Å². The van der Waals surface area contributed by atoms with Crippen LogP contribution in [0.2, 0.25) is 0 Å². The summed E-state index contributed by atoms with van der Waals surface area (Å²) in [5.74, 6) is 0.469. The van der Waals surface area contributed by atoms with Gasteiger partial charge in [-0.2, -0.15) is 0 Å². The number of hydrogen-bond acceptors (Lipinski definition) is 2. The average Bonchev–Trinajstić information content (AvgIpc) is 2.19. The van der Waals surface area contributed by atoms with E-state index >= 15 is 0 Å². The molecule has 15 heavy (non-hydrogen) atoms. The first-order valence-corrected chi connectivity index (χ1v) is 5.09. The fraction of sp³-hybridized carbons (Fsp3) is 0.385. The molecule has 0 radical (unpaired) electrons. The molecule has 0 atom stereocenters. The molecule has 0 heterocycles. The van der Waals surface area contributed by atoms with E-state index in [1.54, 1.807) is 13.8 Å². The highest BCUT2D eigenvalue weighted by atomic mass is 16.1. The lowest BCUT2D eigenvalue weighted by Gasteiger charge is -1.93. The number of rotatable bonds is 3. The molecule has 2 heteroatoms. The van der Waals surface area contributed by atoms with Gasteiger partial charge in [0.05, 0.1) is 0 Å². The van der Waals surface area contributed by atoms with Crippen molar-refractivity contribution in [2.45, 2.75) is 33.6 Å². The molecular weight excluding hydrogens is 188 g/mol. The first kappa shape index (κ1) is 13.6. The van der Waals surface area contributed by atoms with Crippen LogP contribution in [0.15, 0.2) is 30.3 Å². The van der Waals surface area contributed by atoms with Gasteiger partial charge in [0.15, 0.2) is 0 Å². The van der Waals surface area contributed by atoms with Gasteiger partial charge in [-0.1, -0.05) is 37.3 Å². The van der Waals surface area contributed by atoms with E-state index in [1.807, 2.05) is 37.3 Å². The Hall–Kier alpha value is -1.44. The largest absolute Gasteiger partial charge is 0.300 e. The molecular formula is C13H18O2. The number of carbonyl (C=O) groups is 2. The number of ketones is 2. The van der Waals surface area contributed by atoms with Crippen LogP contribution < -0.4 is 0 Å². The van der Waals surface area contributed by atoms with E-state index in [9.17, 15) is 9.59 Å². The Bertz CT molecular complexity index is 302. The van der Waals surface area contributed by atoms with Crippen LogP contribution in [0.1, 0.15) is 32.8 Å². The standard InChI is InChI=1S/C9H10O.C4H8O/c1-8(10)7-9-5-3-2-4-6-9;1-3-4(2)5/h2-6H,7H2,1H3;3H2,1-2H3. The molecule has 2 nitrogen and oxygen atoms in total. The maximum Gasteiger partial charge on any atom is 0.134 e. The summed E-state index contributed by atoms with van der Waals surface area (Å²) in [4.78, 5) is 20.4. The molecule has 0 unspecified atom stereocenters. The zero-order valence-corrected chi connectivity index (χ0v) is 9.62. The van der Waals surface area contributed by atoms with Crippen LogP contribution in [0.3, 0.4) is 0 Å². The lowest BCUT2D eigenvalue weighted by molar-refractivity contribution is -0.117. The lowest BCUT2D eigenvalue weighted by atomic mass is 10.1. The molecule has 0 amide bonds. The molecule has 1 aromatic carbocycles. The predicted octanol–water partition coefficient (Wildman–Crippen LogP) is 2.80.